The Kier molecular flexibility index (Phi) is 2.83. The van der Waals surface area contributed by atoms with Gasteiger partial charge in [0.25, 0.3) is 0 Å². The molecule has 0 amide bonds. The summed E-state index contributed by atoms with van der Waals surface area (Å²) in [5.41, 5.74) is 1.20. The zero-order chi connectivity index (χ0) is 12.5. The van der Waals surface area contributed by atoms with E-state index in [0.29, 0.717) is 13.0 Å². The maximum atomic E-state index is 10.8. The fourth-order valence-corrected chi connectivity index (χ4v) is 2.39. The van der Waals surface area contributed by atoms with Crippen LogP contribution in [0.4, 0.5) is 0 Å². The first-order chi connectivity index (χ1) is 8.72. The van der Waals surface area contributed by atoms with Crippen molar-refractivity contribution in [3.63, 3.8) is 0 Å². The molecule has 0 aromatic heterocycles. The summed E-state index contributed by atoms with van der Waals surface area (Å²) in [4.78, 5) is 10.8. The van der Waals surface area contributed by atoms with Gasteiger partial charge in [0.1, 0.15) is 23.6 Å². The molecule has 2 aliphatic rings. The molecule has 96 valence electrons. The lowest BCUT2D eigenvalue weighted by Crippen LogP contribution is -2.30. The summed E-state index contributed by atoms with van der Waals surface area (Å²) >= 11 is 0. The smallest absolute Gasteiger partial charge is 0.320 e. The van der Waals surface area contributed by atoms with Gasteiger partial charge in [-0.05, 0) is 11.6 Å². The summed E-state index contributed by atoms with van der Waals surface area (Å²) in [6, 6.07) is 5.31. The van der Waals surface area contributed by atoms with Gasteiger partial charge in [-0.15, -0.1) is 0 Å². The number of fused-ring (bicyclic) bond motifs is 1. The highest BCUT2D eigenvalue weighted by atomic mass is 16.5. The van der Waals surface area contributed by atoms with Crippen molar-refractivity contribution < 1.29 is 19.4 Å². The molecule has 5 nitrogen and oxygen atoms in total. The second-order valence-electron chi connectivity index (χ2n) is 4.64. The molecule has 0 spiro atoms. The first-order valence-electron chi connectivity index (χ1n) is 6.11. The lowest BCUT2D eigenvalue weighted by molar-refractivity contribution is -0.139. The highest BCUT2D eigenvalue weighted by Gasteiger charge is 2.30. The maximum absolute atomic E-state index is 10.8. The average molecular weight is 249 g/mol. The number of carboxylic acids is 1. The summed E-state index contributed by atoms with van der Waals surface area (Å²) in [6.07, 6.45) is 1.35. The van der Waals surface area contributed by atoms with Crippen LogP contribution in [0.25, 0.3) is 0 Å². The second-order valence-corrected chi connectivity index (χ2v) is 4.64. The molecule has 0 unspecified atom stereocenters. The van der Waals surface area contributed by atoms with Gasteiger partial charge in [-0.1, -0.05) is 6.07 Å². The number of carbonyl (C=O) groups is 1. The van der Waals surface area contributed by atoms with Crippen molar-refractivity contribution in [3.8, 4) is 11.5 Å². The monoisotopic (exact) mass is 249 g/mol. The molecule has 0 saturated carbocycles. The van der Waals surface area contributed by atoms with Crippen LogP contribution in [0.5, 0.6) is 11.5 Å². The minimum absolute atomic E-state index is 0.0921. The summed E-state index contributed by atoms with van der Waals surface area (Å²) in [5.74, 6) is 0.806. The number of nitrogens with one attached hydrogen (secondary N) is 1. The number of rotatable bonds is 3. The molecule has 1 aromatic rings. The molecule has 2 atom stereocenters. The molecule has 1 aromatic carbocycles. The molecule has 0 bridgehead atoms. The van der Waals surface area contributed by atoms with Gasteiger partial charge in [0.05, 0.1) is 6.61 Å². The Balaban J connectivity index is 1.65. The van der Waals surface area contributed by atoms with Crippen LogP contribution in [0.2, 0.25) is 0 Å². The van der Waals surface area contributed by atoms with E-state index in [-0.39, 0.29) is 6.10 Å². The third-order valence-corrected chi connectivity index (χ3v) is 3.36. The maximum Gasteiger partial charge on any atom is 0.320 e. The molecule has 18 heavy (non-hydrogen) atoms. The van der Waals surface area contributed by atoms with Gasteiger partial charge in [-0.25, -0.2) is 0 Å². The third-order valence-electron chi connectivity index (χ3n) is 3.36. The van der Waals surface area contributed by atoms with Crippen LogP contribution in [0.15, 0.2) is 18.2 Å². The zero-order valence-electron chi connectivity index (χ0n) is 9.89. The predicted octanol–water partition coefficient (Wildman–Crippen LogP) is 0.815. The van der Waals surface area contributed by atoms with Crippen molar-refractivity contribution in [1.82, 2.24) is 5.32 Å². The Labute approximate surface area is 105 Å². The Hall–Kier alpha value is -1.75. The van der Waals surface area contributed by atoms with E-state index in [9.17, 15) is 4.79 Å². The lowest BCUT2D eigenvalue weighted by atomic mass is 10.1. The molecule has 5 heteroatoms. The van der Waals surface area contributed by atoms with E-state index in [1.54, 1.807) is 0 Å². The van der Waals surface area contributed by atoms with Gasteiger partial charge in [-0.2, -0.15) is 0 Å². The van der Waals surface area contributed by atoms with Gasteiger partial charge in [0.2, 0.25) is 0 Å². The van der Waals surface area contributed by atoms with Crippen LogP contribution in [0.1, 0.15) is 12.0 Å². The topological polar surface area (TPSA) is 67.8 Å². The molecule has 3 rings (SSSR count). The molecule has 1 fully saturated rings. The highest BCUT2D eigenvalue weighted by Crippen LogP contribution is 2.30. The van der Waals surface area contributed by atoms with E-state index in [4.69, 9.17) is 14.6 Å². The minimum atomic E-state index is -0.821. The van der Waals surface area contributed by atoms with Crippen LogP contribution in [-0.4, -0.2) is 36.4 Å². The molecule has 0 aliphatic carbocycles. The minimum Gasteiger partial charge on any atom is -0.493 e. The number of hydrogen-bond acceptors (Lipinski definition) is 4. The molecular formula is C13H15NO4. The molecule has 2 aliphatic heterocycles. The number of carboxylic acid groups (broad SMARTS) is 1. The van der Waals surface area contributed by atoms with Gasteiger partial charge < -0.3 is 19.9 Å². The van der Waals surface area contributed by atoms with Crippen molar-refractivity contribution in [2.75, 3.05) is 13.2 Å². The Morgan fingerprint density at radius 1 is 1.50 bits per heavy atom. The molecule has 1 saturated heterocycles. The normalized spacial score (nSPS) is 25.6. The van der Waals surface area contributed by atoms with Crippen LogP contribution in [-0.2, 0) is 11.2 Å². The quantitative estimate of drug-likeness (QED) is 0.830. The Bertz CT molecular complexity index is 474. The summed E-state index contributed by atoms with van der Waals surface area (Å²) in [5, 5.41) is 11.8. The fourth-order valence-electron chi connectivity index (χ4n) is 2.39. The number of hydrogen-bond donors (Lipinski definition) is 2. The molecule has 2 N–H and O–H groups in total. The first kappa shape index (κ1) is 11.3. The van der Waals surface area contributed by atoms with Gasteiger partial charge in [0.15, 0.2) is 0 Å². The highest BCUT2D eigenvalue weighted by molar-refractivity contribution is 5.73. The van der Waals surface area contributed by atoms with E-state index in [1.165, 1.54) is 5.56 Å². The van der Waals surface area contributed by atoms with Crippen molar-refractivity contribution in [2.45, 2.75) is 25.0 Å². The van der Waals surface area contributed by atoms with Crippen LogP contribution in [0, 0.1) is 0 Å². The van der Waals surface area contributed by atoms with E-state index in [2.05, 4.69) is 5.32 Å². The van der Waals surface area contributed by atoms with Crippen molar-refractivity contribution in [3.05, 3.63) is 23.8 Å². The molecular weight excluding hydrogens is 234 g/mol. The first-order valence-corrected chi connectivity index (χ1v) is 6.11. The lowest BCUT2D eigenvalue weighted by Gasteiger charge is -2.13. The van der Waals surface area contributed by atoms with Crippen molar-refractivity contribution >= 4 is 5.97 Å². The van der Waals surface area contributed by atoms with E-state index < -0.39 is 12.0 Å². The van der Waals surface area contributed by atoms with Crippen LogP contribution >= 0.6 is 0 Å². The van der Waals surface area contributed by atoms with E-state index in [1.807, 2.05) is 18.2 Å². The van der Waals surface area contributed by atoms with E-state index >= 15 is 0 Å². The largest absolute Gasteiger partial charge is 0.493 e. The predicted molar refractivity (Wildman–Crippen MR) is 64.1 cm³/mol. The van der Waals surface area contributed by atoms with Gasteiger partial charge in [-0.3, -0.25) is 4.79 Å². The number of ether oxygens (including phenoxy) is 2. The summed E-state index contributed by atoms with van der Waals surface area (Å²) in [7, 11) is 0. The number of aliphatic carboxylic acids is 1. The molecule has 0 radical (unpaired) electrons. The van der Waals surface area contributed by atoms with Crippen LogP contribution < -0.4 is 14.8 Å². The third kappa shape index (κ3) is 2.13. The number of benzene rings is 1. The fraction of sp³-hybridized carbons (Fsp3) is 0.462. The second kappa shape index (κ2) is 4.49. The summed E-state index contributed by atoms with van der Waals surface area (Å²) in [6.45, 7) is 1.29. The standard InChI is InChI=1S/C13H15NO4/c15-13(16)11-5-10(7-14-11)18-9-2-1-8-3-4-17-12(8)6-9/h1-2,6,10-11,14H,3-5,7H2,(H,15,16)/t10-,11-/m0/s1. The van der Waals surface area contributed by atoms with Crippen LogP contribution in [0.3, 0.4) is 0 Å². The molecule has 2 heterocycles. The zero-order valence-corrected chi connectivity index (χ0v) is 9.89. The van der Waals surface area contributed by atoms with Gasteiger partial charge in [0, 0.05) is 25.5 Å². The van der Waals surface area contributed by atoms with Gasteiger partial charge >= 0.3 is 5.97 Å². The summed E-state index contributed by atoms with van der Waals surface area (Å²) < 4.78 is 11.2. The Morgan fingerprint density at radius 2 is 2.39 bits per heavy atom. The Morgan fingerprint density at radius 3 is 3.17 bits per heavy atom. The SMILES string of the molecule is O=C(O)[C@@H]1C[C@H](Oc2ccc3c(c2)OCC3)CN1. The van der Waals surface area contributed by atoms with Crippen molar-refractivity contribution in [2.24, 2.45) is 0 Å². The average Bonchev–Trinajstić information content (AvgIpc) is 2.96. The van der Waals surface area contributed by atoms with E-state index in [0.717, 1.165) is 24.5 Å². The van der Waals surface area contributed by atoms with Crippen molar-refractivity contribution in [1.29, 1.82) is 0 Å².